The zero-order chi connectivity index (χ0) is 24.0. The van der Waals surface area contributed by atoms with Crippen molar-refractivity contribution in [2.45, 2.75) is 46.1 Å². The van der Waals surface area contributed by atoms with Gasteiger partial charge in [-0.1, -0.05) is 6.07 Å². The van der Waals surface area contributed by atoms with Crippen LogP contribution in [0.5, 0.6) is 5.75 Å². The molecule has 2 amide bonds. The summed E-state index contributed by atoms with van der Waals surface area (Å²) in [5.41, 5.74) is 3.23. The van der Waals surface area contributed by atoms with E-state index in [1.54, 1.807) is 46.1 Å². The average Bonchev–Trinajstić information content (AvgIpc) is 3.12. The van der Waals surface area contributed by atoms with Gasteiger partial charge in [-0.05, 0) is 63.9 Å². The fourth-order valence-corrected chi connectivity index (χ4v) is 3.05. The van der Waals surface area contributed by atoms with Crippen molar-refractivity contribution < 1.29 is 23.5 Å². The molecule has 3 N–H and O–H groups in total. The Bertz CT molecular complexity index is 1130. The van der Waals surface area contributed by atoms with Gasteiger partial charge in [-0.3, -0.25) is 4.79 Å². The minimum Gasteiger partial charge on any atom is -0.494 e. The average molecular weight is 455 g/mol. The van der Waals surface area contributed by atoms with Crippen molar-refractivity contribution in [2.75, 3.05) is 24.3 Å². The number of hydrogen-bond acceptors (Lipinski definition) is 7. The molecular weight excluding hydrogens is 424 g/mol. The zero-order valence-electron chi connectivity index (χ0n) is 19.6. The van der Waals surface area contributed by atoms with Gasteiger partial charge in [0, 0.05) is 24.7 Å². The highest BCUT2D eigenvalue weighted by Crippen LogP contribution is 2.31. The van der Waals surface area contributed by atoms with Crippen molar-refractivity contribution in [3.05, 3.63) is 42.0 Å². The first kappa shape index (κ1) is 23.9. The van der Waals surface area contributed by atoms with Crippen molar-refractivity contribution in [3.8, 4) is 5.75 Å². The van der Waals surface area contributed by atoms with E-state index in [4.69, 9.17) is 13.9 Å². The van der Waals surface area contributed by atoms with Gasteiger partial charge >= 0.3 is 6.09 Å². The van der Waals surface area contributed by atoms with E-state index in [1.807, 2.05) is 25.1 Å². The molecule has 0 aliphatic carbocycles. The van der Waals surface area contributed by atoms with Crippen LogP contribution in [0.15, 0.2) is 40.8 Å². The molecule has 0 saturated carbocycles. The van der Waals surface area contributed by atoms with Crippen LogP contribution in [0.2, 0.25) is 0 Å². The number of rotatable bonds is 8. The molecule has 9 nitrogen and oxygen atoms in total. The first-order valence-corrected chi connectivity index (χ1v) is 10.7. The van der Waals surface area contributed by atoms with Gasteiger partial charge in [-0.25, -0.2) is 4.79 Å². The second-order valence-electron chi connectivity index (χ2n) is 8.61. The molecule has 0 aliphatic heterocycles. The number of nitrogens with zero attached hydrogens (tertiary/aromatic N) is 1. The van der Waals surface area contributed by atoms with Gasteiger partial charge in [0.05, 0.1) is 12.8 Å². The van der Waals surface area contributed by atoms with Crippen LogP contribution >= 0.6 is 0 Å². The number of aromatic nitrogens is 1. The normalized spacial score (nSPS) is 11.2. The van der Waals surface area contributed by atoms with Crippen molar-refractivity contribution in [1.82, 2.24) is 10.3 Å². The smallest absolute Gasteiger partial charge is 0.407 e. The predicted molar refractivity (Wildman–Crippen MR) is 127 cm³/mol. The number of amides is 2. The van der Waals surface area contributed by atoms with E-state index in [9.17, 15) is 9.59 Å². The Morgan fingerprint density at radius 1 is 1.12 bits per heavy atom. The van der Waals surface area contributed by atoms with E-state index in [-0.39, 0.29) is 12.3 Å². The highest BCUT2D eigenvalue weighted by molar-refractivity contribution is 5.91. The van der Waals surface area contributed by atoms with Gasteiger partial charge in [-0.2, -0.15) is 4.98 Å². The van der Waals surface area contributed by atoms with Gasteiger partial charge in [0.2, 0.25) is 5.91 Å². The number of fused-ring (bicyclic) bond motifs is 1. The Labute approximate surface area is 192 Å². The number of carbonyl (C=O) groups is 2. The number of methoxy groups -OCH3 is 1. The van der Waals surface area contributed by atoms with Crippen LogP contribution in [0.3, 0.4) is 0 Å². The first-order chi connectivity index (χ1) is 15.6. The van der Waals surface area contributed by atoms with Crippen LogP contribution in [0, 0.1) is 6.92 Å². The van der Waals surface area contributed by atoms with E-state index in [0.29, 0.717) is 41.7 Å². The Kier molecular flexibility index (Phi) is 7.42. The summed E-state index contributed by atoms with van der Waals surface area (Å²) in [6.07, 6.45) is 0.240. The van der Waals surface area contributed by atoms with Crippen molar-refractivity contribution in [2.24, 2.45) is 0 Å². The molecule has 0 fully saturated rings. The minimum atomic E-state index is -0.555. The summed E-state index contributed by atoms with van der Waals surface area (Å²) >= 11 is 0. The predicted octanol–water partition coefficient (Wildman–Crippen LogP) is 5.13. The third-order valence-corrected chi connectivity index (χ3v) is 4.52. The quantitative estimate of drug-likeness (QED) is 0.404. The number of nitrogens with one attached hydrogen (secondary N) is 3. The fourth-order valence-electron chi connectivity index (χ4n) is 3.05. The van der Waals surface area contributed by atoms with Gasteiger partial charge in [0.25, 0.3) is 6.01 Å². The van der Waals surface area contributed by atoms with Crippen molar-refractivity contribution in [1.29, 1.82) is 0 Å². The van der Waals surface area contributed by atoms with Crippen LogP contribution < -0.4 is 20.7 Å². The number of aryl methyl sites for hydroxylation is 1. The maximum Gasteiger partial charge on any atom is 0.407 e. The van der Waals surface area contributed by atoms with Gasteiger partial charge in [0.1, 0.15) is 16.9 Å². The summed E-state index contributed by atoms with van der Waals surface area (Å²) in [5, 5.41) is 8.58. The molecule has 0 radical (unpaired) electrons. The van der Waals surface area contributed by atoms with Gasteiger partial charge in [0.15, 0.2) is 5.58 Å². The molecule has 9 heteroatoms. The minimum absolute atomic E-state index is 0.168. The van der Waals surface area contributed by atoms with Crippen LogP contribution in [0.4, 0.5) is 22.2 Å². The van der Waals surface area contributed by atoms with E-state index in [2.05, 4.69) is 20.9 Å². The van der Waals surface area contributed by atoms with Crippen molar-refractivity contribution >= 4 is 40.5 Å². The van der Waals surface area contributed by atoms with Crippen LogP contribution in [0.25, 0.3) is 11.1 Å². The van der Waals surface area contributed by atoms with Crippen LogP contribution in [0.1, 0.15) is 39.2 Å². The maximum absolute atomic E-state index is 12.3. The molecule has 1 heterocycles. The highest BCUT2D eigenvalue weighted by atomic mass is 16.6. The largest absolute Gasteiger partial charge is 0.494 e. The van der Waals surface area contributed by atoms with Crippen molar-refractivity contribution in [3.63, 3.8) is 0 Å². The molecular formula is C24H30N4O5. The molecule has 3 aromatic rings. The SMILES string of the molecule is COc1cc(NC(=O)CCCNC(=O)OC(C)(C)C)ccc1Nc1nc2ccc(C)cc2o1. The Morgan fingerprint density at radius 2 is 1.91 bits per heavy atom. The number of ether oxygens (including phenoxy) is 2. The molecule has 0 spiro atoms. The lowest BCUT2D eigenvalue weighted by molar-refractivity contribution is -0.116. The molecule has 0 unspecified atom stereocenters. The lowest BCUT2D eigenvalue weighted by Crippen LogP contribution is -2.33. The molecule has 2 aromatic carbocycles. The van der Waals surface area contributed by atoms with E-state index in [1.165, 1.54) is 0 Å². The molecule has 0 bridgehead atoms. The van der Waals surface area contributed by atoms with E-state index in [0.717, 1.165) is 11.1 Å². The van der Waals surface area contributed by atoms with Crippen LogP contribution in [-0.4, -0.2) is 36.2 Å². The second-order valence-corrected chi connectivity index (χ2v) is 8.61. The summed E-state index contributed by atoms with van der Waals surface area (Å²) in [7, 11) is 1.55. The lowest BCUT2D eigenvalue weighted by atomic mass is 10.2. The number of alkyl carbamates (subject to hydrolysis) is 1. The zero-order valence-corrected chi connectivity index (χ0v) is 19.6. The number of oxazole rings is 1. The summed E-state index contributed by atoms with van der Waals surface area (Å²) in [6, 6.07) is 11.4. The Hall–Kier alpha value is -3.75. The standard InChI is InChI=1S/C24H30N4O5/c1-15-8-10-18-20(13-15)32-22(28-18)27-17-11-9-16(14-19(17)31-5)26-21(29)7-6-12-25-23(30)33-24(2,3)4/h8-11,13-14H,6-7,12H2,1-5H3,(H,25,30)(H,26,29)(H,27,28). The number of benzene rings is 2. The third-order valence-electron chi connectivity index (χ3n) is 4.52. The molecule has 0 saturated heterocycles. The molecule has 176 valence electrons. The number of carbonyl (C=O) groups excluding carboxylic acids is 2. The Morgan fingerprint density at radius 3 is 2.64 bits per heavy atom. The fraction of sp³-hybridized carbons (Fsp3) is 0.375. The third kappa shape index (κ3) is 7.13. The van der Waals surface area contributed by atoms with Crippen LogP contribution in [-0.2, 0) is 9.53 Å². The van der Waals surface area contributed by atoms with E-state index < -0.39 is 11.7 Å². The van der Waals surface area contributed by atoms with Gasteiger partial charge < -0.3 is 29.8 Å². The van der Waals surface area contributed by atoms with E-state index >= 15 is 0 Å². The highest BCUT2D eigenvalue weighted by Gasteiger charge is 2.16. The Balaban J connectivity index is 1.53. The monoisotopic (exact) mass is 454 g/mol. The summed E-state index contributed by atoms with van der Waals surface area (Å²) in [4.78, 5) is 28.3. The molecule has 0 aliphatic rings. The summed E-state index contributed by atoms with van der Waals surface area (Å²) in [6.45, 7) is 7.72. The molecule has 33 heavy (non-hydrogen) atoms. The number of anilines is 3. The first-order valence-electron chi connectivity index (χ1n) is 10.7. The molecule has 3 rings (SSSR count). The molecule has 0 atom stereocenters. The lowest BCUT2D eigenvalue weighted by Gasteiger charge is -2.19. The molecule has 1 aromatic heterocycles. The summed E-state index contributed by atoms with van der Waals surface area (Å²) < 4.78 is 16.4. The summed E-state index contributed by atoms with van der Waals surface area (Å²) in [5.74, 6) is 0.357. The topological polar surface area (TPSA) is 115 Å². The second kappa shape index (κ2) is 10.2. The number of hydrogen-bond donors (Lipinski definition) is 3. The maximum atomic E-state index is 12.3. The van der Waals surface area contributed by atoms with Gasteiger partial charge in [-0.15, -0.1) is 0 Å².